The van der Waals surface area contributed by atoms with Gasteiger partial charge in [0, 0.05) is 24.6 Å². The van der Waals surface area contributed by atoms with Gasteiger partial charge in [0.15, 0.2) is 5.78 Å². The van der Waals surface area contributed by atoms with E-state index in [1.54, 1.807) is 0 Å². The fourth-order valence-corrected chi connectivity index (χ4v) is 2.54. The summed E-state index contributed by atoms with van der Waals surface area (Å²) in [5.41, 5.74) is 3.87. The average molecular weight is 256 g/mol. The molecule has 3 rings (SSSR count). The number of aryl methyl sites for hydroxylation is 2. The van der Waals surface area contributed by atoms with Crippen molar-refractivity contribution in [3.8, 4) is 5.75 Å². The van der Waals surface area contributed by atoms with Crippen molar-refractivity contribution < 1.29 is 9.53 Å². The molecule has 19 heavy (non-hydrogen) atoms. The van der Waals surface area contributed by atoms with Gasteiger partial charge in [-0.1, -0.05) is 12.1 Å². The Morgan fingerprint density at radius 2 is 2.21 bits per heavy atom. The molecule has 0 bridgehead atoms. The third-order valence-corrected chi connectivity index (χ3v) is 3.51. The first-order chi connectivity index (χ1) is 9.15. The first-order valence-corrected chi connectivity index (χ1v) is 6.42. The van der Waals surface area contributed by atoms with Crippen LogP contribution in [0.1, 0.15) is 33.7 Å². The van der Waals surface area contributed by atoms with E-state index in [1.807, 2.05) is 42.9 Å². The van der Waals surface area contributed by atoms with Crippen LogP contribution in [0.2, 0.25) is 0 Å². The quantitative estimate of drug-likeness (QED) is 0.847. The number of Topliss-reactive ketones (excluding diaryl/α,β-unsaturated/α-hetero) is 1. The van der Waals surface area contributed by atoms with Crippen molar-refractivity contribution in [2.45, 2.75) is 26.4 Å². The molecule has 0 atom stereocenters. The fraction of sp³-hybridized carbons (Fsp3) is 0.333. The van der Waals surface area contributed by atoms with E-state index in [2.05, 4.69) is 5.10 Å². The molecule has 4 heteroatoms. The number of hydrogen-bond acceptors (Lipinski definition) is 3. The molecular weight excluding hydrogens is 240 g/mol. The topological polar surface area (TPSA) is 44.1 Å². The number of ketones is 1. The minimum absolute atomic E-state index is 0.219. The summed E-state index contributed by atoms with van der Waals surface area (Å²) in [6.45, 7) is 2.43. The summed E-state index contributed by atoms with van der Waals surface area (Å²) in [6.07, 6.45) is 1.38. The number of carbonyl (C=O) groups is 1. The molecule has 2 aromatic rings. The predicted octanol–water partition coefficient (Wildman–Crippen LogP) is 2.44. The molecule has 0 radical (unpaired) electrons. The number of benzene rings is 1. The number of fused-ring (bicyclic) bond motifs is 1. The van der Waals surface area contributed by atoms with Crippen molar-refractivity contribution in [3.05, 3.63) is 46.8 Å². The second-order valence-corrected chi connectivity index (χ2v) is 4.89. The first-order valence-electron chi connectivity index (χ1n) is 6.42. The highest BCUT2D eigenvalue weighted by molar-refractivity contribution is 6.01. The van der Waals surface area contributed by atoms with Gasteiger partial charge in [-0.25, -0.2) is 0 Å². The lowest BCUT2D eigenvalue weighted by Gasteiger charge is -2.10. The lowest BCUT2D eigenvalue weighted by Crippen LogP contribution is -2.04. The van der Waals surface area contributed by atoms with Crippen LogP contribution in [-0.2, 0) is 20.1 Å². The lowest BCUT2D eigenvalue weighted by molar-refractivity contribution is 0.0994. The van der Waals surface area contributed by atoms with E-state index in [0.717, 1.165) is 34.7 Å². The smallest absolute Gasteiger partial charge is 0.163 e. The number of ether oxygens (including phenoxy) is 1. The van der Waals surface area contributed by atoms with E-state index in [1.165, 1.54) is 0 Å². The Morgan fingerprint density at radius 3 is 2.95 bits per heavy atom. The minimum Gasteiger partial charge on any atom is -0.487 e. The maximum Gasteiger partial charge on any atom is 0.163 e. The average Bonchev–Trinajstić information content (AvgIpc) is 2.91. The normalized spacial score (nSPS) is 13.7. The van der Waals surface area contributed by atoms with Gasteiger partial charge in [0.1, 0.15) is 12.4 Å². The Hall–Kier alpha value is -2.10. The second kappa shape index (κ2) is 4.53. The molecule has 1 aliphatic rings. The third-order valence-electron chi connectivity index (χ3n) is 3.51. The largest absolute Gasteiger partial charge is 0.487 e. The molecule has 0 fully saturated rings. The van der Waals surface area contributed by atoms with Gasteiger partial charge in [0.25, 0.3) is 0 Å². The second-order valence-electron chi connectivity index (χ2n) is 4.89. The molecule has 0 N–H and O–H groups in total. The van der Waals surface area contributed by atoms with Gasteiger partial charge in [-0.2, -0.15) is 5.10 Å². The zero-order valence-corrected chi connectivity index (χ0v) is 11.1. The van der Waals surface area contributed by atoms with Crippen molar-refractivity contribution in [2.24, 2.45) is 7.05 Å². The van der Waals surface area contributed by atoms with Crippen molar-refractivity contribution in [1.82, 2.24) is 9.78 Å². The van der Waals surface area contributed by atoms with E-state index in [4.69, 9.17) is 4.74 Å². The maximum absolute atomic E-state index is 11.7. The molecule has 0 amide bonds. The molecule has 0 aliphatic heterocycles. The van der Waals surface area contributed by atoms with Gasteiger partial charge >= 0.3 is 0 Å². The van der Waals surface area contributed by atoms with Gasteiger partial charge in [-0.3, -0.25) is 9.48 Å². The minimum atomic E-state index is 0.219. The number of carbonyl (C=O) groups excluding carboxylic acids is 1. The Labute approximate surface area is 112 Å². The first kappa shape index (κ1) is 12.0. The Bertz CT molecular complexity index is 644. The SMILES string of the molecule is Cc1cc(COc2cccc3c2CCC3=O)n(C)n1. The molecule has 1 aliphatic carbocycles. The van der Waals surface area contributed by atoms with Crippen molar-refractivity contribution in [2.75, 3.05) is 0 Å². The summed E-state index contributed by atoms with van der Waals surface area (Å²) >= 11 is 0. The van der Waals surface area contributed by atoms with Crippen LogP contribution >= 0.6 is 0 Å². The predicted molar refractivity (Wildman–Crippen MR) is 71.4 cm³/mol. The van der Waals surface area contributed by atoms with Crippen LogP contribution in [0.25, 0.3) is 0 Å². The van der Waals surface area contributed by atoms with Crippen LogP contribution in [0, 0.1) is 6.92 Å². The highest BCUT2D eigenvalue weighted by Crippen LogP contribution is 2.30. The third kappa shape index (κ3) is 2.14. The summed E-state index contributed by atoms with van der Waals surface area (Å²) in [6, 6.07) is 7.70. The van der Waals surface area contributed by atoms with E-state index in [-0.39, 0.29) is 5.78 Å². The van der Waals surface area contributed by atoms with Crippen LogP contribution < -0.4 is 4.74 Å². The van der Waals surface area contributed by atoms with Crippen LogP contribution in [0.5, 0.6) is 5.75 Å². The molecule has 1 aromatic heterocycles. The molecule has 1 aromatic carbocycles. The number of nitrogens with zero attached hydrogens (tertiary/aromatic N) is 2. The van der Waals surface area contributed by atoms with E-state index >= 15 is 0 Å². The summed E-state index contributed by atoms with van der Waals surface area (Å²) < 4.78 is 7.69. The number of aromatic nitrogens is 2. The molecule has 0 saturated carbocycles. The number of rotatable bonds is 3. The Kier molecular flexibility index (Phi) is 2.85. The standard InChI is InChI=1S/C15H16N2O2/c1-10-8-11(17(2)16-10)9-19-15-5-3-4-12-13(15)6-7-14(12)18/h3-5,8H,6-7,9H2,1-2H3. The molecule has 98 valence electrons. The number of hydrogen-bond donors (Lipinski definition) is 0. The summed E-state index contributed by atoms with van der Waals surface area (Å²) in [5.74, 6) is 1.04. The van der Waals surface area contributed by atoms with Crippen molar-refractivity contribution in [1.29, 1.82) is 0 Å². The van der Waals surface area contributed by atoms with Gasteiger partial charge in [-0.05, 0) is 25.5 Å². The summed E-state index contributed by atoms with van der Waals surface area (Å²) in [4.78, 5) is 11.7. The van der Waals surface area contributed by atoms with Crippen molar-refractivity contribution >= 4 is 5.78 Å². The Morgan fingerprint density at radius 1 is 1.37 bits per heavy atom. The van der Waals surface area contributed by atoms with Gasteiger partial charge in [-0.15, -0.1) is 0 Å². The lowest BCUT2D eigenvalue weighted by atomic mass is 10.1. The van der Waals surface area contributed by atoms with E-state index in [0.29, 0.717) is 13.0 Å². The molecule has 0 saturated heterocycles. The fourth-order valence-electron chi connectivity index (χ4n) is 2.54. The highest BCUT2D eigenvalue weighted by Gasteiger charge is 2.22. The van der Waals surface area contributed by atoms with Crippen LogP contribution in [0.4, 0.5) is 0 Å². The zero-order valence-electron chi connectivity index (χ0n) is 11.1. The van der Waals surface area contributed by atoms with Gasteiger partial charge in [0.2, 0.25) is 0 Å². The van der Waals surface area contributed by atoms with Crippen LogP contribution in [-0.4, -0.2) is 15.6 Å². The van der Waals surface area contributed by atoms with E-state index in [9.17, 15) is 4.79 Å². The van der Waals surface area contributed by atoms with Crippen molar-refractivity contribution in [3.63, 3.8) is 0 Å². The van der Waals surface area contributed by atoms with E-state index < -0.39 is 0 Å². The zero-order chi connectivity index (χ0) is 13.4. The molecular formula is C15H16N2O2. The Balaban J connectivity index is 1.82. The van der Waals surface area contributed by atoms with Gasteiger partial charge < -0.3 is 4.74 Å². The molecule has 1 heterocycles. The molecule has 4 nitrogen and oxygen atoms in total. The summed E-state index contributed by atoms with van der Waals surface area (Å²) in [7, 11) is 1.91. The highest BCUT2D eigenvalue weighted by atomic mass is 16.5. The molecule has 0 spiro atoms. The monoisotopic (exact) mass is 256 g/mol. The molecule has 0 unspecified atom stereocenters. The van der Waals surface area contributed by atoms with Gasteiger partial charge in [0.05, 0.1) is 11.4 Å². The summed E-state index contributed by atoms with van der Waals surface area (Å²) in [5, 5.41) is 4.29. The maximum atomic E-state index is 11.7. The van der Waals surface area contributed by atoms with Crippen LogP contribution in [0.3, 0.4) is 0 Å². The van der Waals surface area contributed by atoms with Crippen LogP contribution in [0.15, 0.2) is 24.3 Å².